The van der Waals surface area contributed by atoms with E-state index < -0.39 is 0 Å². The van der Waals surface area contributed by atoms with Gasteiger partial charge < -0.3 is 0 Å². The van der Waals surface area contributed by atoms with E-state index in [9.17, 15) is 4.79 Å². The van der Waals surface area contributed by atoms with E-state index in [1.54, 1.807) is 11.3 Å². The lowest BCUT2D eigenvalue weighted by molar-refractivity contribution is 0.112. The minimum absolute atomic E-state index is 0.808. The van der Waals surface area contributed by atoms with Crippen LogP contribution in [0.2, 0.25) is 0 Å². The van der Waals surface area contributed by atoms with Gasteiger partial charge in [0.2, 0.25) is 0 Å². The van der Waals surface area contributed by atoms with Gasteiger partial charge in [-0.05, 0) is 25.0 Å². The number of aldehydes is 1. The van der Waals surface area contributed by atoms with Crippen molar-refractivity contribution in [3.63, 3.8) is 0 Å². The highest BCUT2D eigenvalue weighted by molar-refractivity contribution is 7.17. The smallest absolute Gasteiger partial charge is 0.151 e. The second-order valence-corrected chi connectivity index (χ2v) is 4.07. The average molecular weight is 190 g/mol. The van der Waals surface area contributed by atoms with Crippen molar-refractivity contribution in [3.05, 3.63) is 34.2 Å². The number of benzene rings is 1. The van der Waals surface area contributed by atoms with Crippen LogP contribution in [0.1, 0.15) is 21.5 Å². The van der Waals surface area contributed by atoms with Gasteiger partial charge in [-0.1, -0.05) is 12.1 Å². The molecule has 2 rings (SSSR count). The Balaban J connectivity index is 2.88. The van der Waals surface area contributed by atoms with Crippen molar-refractivity contribution in [2.24, 2.45) is 0 Å². The molecule has 0 atom stereocenters. The minimum Gasteiger partial charge on any atom is -0.298 e. The van der Waals surface area contributed by atoms with Crippen LogP contribution in [0, 0.1) is 13.8 Å². The van der Waals surface area contributed by atoms with Crippen molar-refractivity contribution in [2.45, 2.75) is 13.8 Å². The van der Waals surface area contributed by atoms with Crippen LogP contribution in [0.5, 0.6) is 0 Å². The third kappa shape index (κ3) is 1.18. The van der Waals surface area contributed by atoms with Crippen LogP contribution in [0.3, 0.4) is 0 Å². The van der Waals surface area contributed by atoms with E-state index in [0.717, 1.165) is 17.2 Å². The minimum atomic E-state index is 0.808. The number of thiophene rings is 1. The van der Waals surface area contributed by atoms with Crippen molar-refractivity contribution in [1.29, 1.82) is 0 Å². The van der Waals surface area contributed by atoms with Crippen molar-refractivity contribution in [2.75, 3.05) is 0 Å². The standard InChI is InChI=1S/C11H10OS/c1-7-3-4-10-9(5-12)6-13-11(10)8(7)2/h3-6H,1-2H3. The summed E-state index contributed by atoms with van der Waals surface area (Å²) in [4.78, 5) is 10.7. The van der Waals surface area contributed by atoms with Gasteiger partial charge in [-0.2, -0.15) is 0 Å². The molecule has 0 unspecified atom stereocenters. The van der Waals surface area contributed by atoms with Gasteiger partial charge in [0.05, 0.1) is 0 Å². The summed E-state index contributed by atoms with van der Waals surface area (Å²) in [7, 11) is 0. The molecule has 1 aromatic carbocycles. The Kier molecular flexibility index (Phi) is 1.93. The Bertz CT molecular complexity index is 468. The Morgan fingerprint density at radius 2 is 2.08 bits per heavy atom. The first-order valence-corrected chi connectivity index (χ1v) is 5.04. The van der Waals surface area contributed by atoms with E-state index in [0.29, 0.717) is 0 Å². The quantitative estimate of drug-likeness (QED) is 0.630. The van der Waals surface area contributed by atoms with Crippen LogP contribution < -0.4 is 0 Å². The van der Waals surface area contributed by atoms with E-state index in [2.05, 4.69) is 19.9 Å². The third-order valence-corrected chi connectivity index (χ3v) is 3.55. The van der Waals surface area contributed by atoms with Gasteiger partial charge in [0.1, 0.15) is 0 Å². The lowest BCUT2D eigenvalue weighted by atomic mass is 10.1. The Morgan fingerprint density at radius 3 is 2.77 bits per heavy atom. The first kappa shape index (κ1) is 8.45. The molecule has 13 heavy (non-hydrogen) atoms. The highest BCUT2D eigenvalue weighted by Gasteiger charge is 2.05. The van der Waals surface area contributed by atoms with E-state index in [-0.39, 0.29) is 0 Å². The topological polar surface area (TPSA) is 17.1 Å². The Hall–Kier alpha value is -1.15. The van der Waals surface area contributed by atoms with Gasteiger partial charge in [0.15, 0.2) is 6.29 Å². The molecular weight excluding hydrogens is 180 g/mol. The monoisotopic (exact) mass is 190 g/mol. The Labute approximate surface area is 81.0 Å². The maximum absolute atomic E-state index is 10.7. The molecular formula is C11H10OS. The van der Waals surface area contributed by atoms with E-state index in [1.807, 2.05) is 11.4 Å². The highest BCUT2D eigenvalue weighted by Crippen LogP contribution is 2.29. The van der Waals surface area contributed by atoms with Gasteiger partial charge in [-0.25, -0.2) is 0 Å². The number of rotatable bonds is 1. The number of carbonyl (C=O) groups is 1. The second kappa shape index (κ2) is 2.96. The molecule has 2 heteroatoms. The van der Waals surface area contributed by atoms with E-state index in [4.69, 9.17) is 0 Å². The molecule has 1 aromatic heterocycles. The predicted octanol–water partition coefficient (Wildman–Crippen LogP) is 3.33. The van der Waals surface area contributed by atoms with Crippen molar-refractivity contribution >= 4 is 27.7 Å². The summed E-state index contributed by atoms with van der Waals surface area (Å²) in [5.41, 5.74) is 3.38. The molecule has 0 saturated carbocycles. The number of fused-ring (bicyclic) bond motifs is 1. The first-order chi connectivity index (χ1) is 6.24. The van der Waals surface area contributed by atoms with Crippen molar-refractivity contribution in [3.8, 4) is 0 Å². The van der Waals surface area contributed by atoms with Crippen LogP contribution in [-0.4, -0.2) is 6.29 Å². The molecule has 0 spiro atoms. The molecule has 2 aromatic rings. The molecule has 66 valence electrons. The molecule has 0 amide bonds. The zero-order valence-corrected chi connectivity index (χ0v) is 8.44. The zero-order valence-electron chi connectivity index (χ0n) is 7.63. The number of hydrogen-bond donors (Lipinski definition) is 0. The molecule has 0 radical (unpaired) electrons. The predicted molar refractivity (Wildman–Crippen MR) is 56.7 cm³/mol. The number of carbonyl (C=O) groups excluding carboxylic acids is 1. The van der Waals surface area contributed by atoms with Crippen LogP contribution in [-0.2, 0) is 0 Å². The second-order valence-electron chi connectivity index (χ2n) is 3.19. The van der Waals surface area contributed by atoms with Gasteiger partial charge in [0, 0.05) is 21.0 Å². The molecule has 0 N–H and O–H groups in total. The van der Waals surface area contributed by atoms with Crippen LogP contribution in [0.4, 0.5) is 0 Å². The third-order valence-electron chi connectivity index (χ3n) is 2.42. The van der Waals surface area contributed by atoms with Crippen LogP contribution in [0.15, 0.2) is 17.5 Å². The highest BCUT2D eigenvalue weighted by atomic mass is 32.1. The number of aryl methyl sites for hydroxylation is 2. The molecule has 0 bridgehead atoms. The van der Waals surface area contributed by atoms with Crippen LogP contribution in [0.25, 0.3) is 10.1 Å². The lowest BCUT2D eigenvalue weighted by Gasteiger charge is -2.00. The fourth-order valence-electron chi connectivity index (χ4n) is 1.45. The van der Waals surface area contributed by atoms with Gasteiger partial charge in [-0.3, -0.25) is 4.79 Å². The molecule has 1 nitrogen and oxygen atoms in total. The molecule has 0 aliphatic heterocycles. The molecule has 0 aliphatic rings. The summed E-state index contributed by atoms with van der Waals surface area (Å²) in [6.07, 6.45) is 0.924. The first-order valence-electron chi connectivity index (χ1n) is 4.16. The largest absolute Gasteiger partial charge is 0.298 e. The van der Waals surface area contributed by atoms with Gasteiger partial charge in [-0.15, -0.1) is 11.3 Å². The summed E-state index contributed by atoms with van der Waals surface area (Å²) >= 11 is 1.65. The van der Waals surface area contributed by atoms with Crippen molar-refractivity contribution < 1.29 is 4.79 Å². The molecule has 0 fully saturated rings. The summed E-state index contributed by atoms with van der Waals surface area (Å²) in [5.74, 6) is 0. The summed E-state index contributed by atoms with van der Waals surface area (Å²) < 4.78 is 1.24. The average Bonchev–Trinajstić information content (AvgIpc) is 2.55. The molecule has 0 saturated heterocycles. The van der Waals surface area contributed by atoms with E-state index in [1.165, 1.54) is 15.8 Å². The number of hydrogen-bond acceptors (Lipinski definition) is 2. The zero-order chi connectivity index (χ0) is 9.42. The fraction of sp³-hybridized carbons (Fsp3) is 0.182. The maximum Gasteiger partial charge on any atom is 0.151 e. The fourth-order valence-corrected chi connectivity index (χ4v) is 2.52. The van der Waals surface area contributed by atoms with Crippen LogP contribution >= 0.6 is 11.3 Å². The lowest BCUT2D eigenvalue weighted by Crippen LogP contribution is -1.81. The maximum atomic E-state index is 10.7. The Morgan fingerprint density at radius 1 is 1.31 bits per heavy atom. The SMILES string of the molecule is Cc1ccc2c(C=O)csc2c1C. The molecule has 1 heterocycles. The molecule has 0 aliphatic carbocycles. The van der Waals surface area contributed by atoms with Crippen molar-refractivity contribution in [1.82, 2.24) is 0 Å². The summed E-state index contributed by atoms with van der Waals surface area (Å²) in [6.45, 7) is 4.19. The normalized spacial score (nSPS) is 10.6. The van der Waals surface area contributed by atoms with E-state index >= 15 is 0 Å². The van der Waals surface area contributed by atoms with Gasteiger partial charge in [0.25, 0.3) is 0 Å². The van der Waals surface area contributed by atoms with Gasteiger partial charge >= 0.3 is 0 Å². The summed E-state index contributed by atoms with van der Waals surface area (Å²) in [6, 6.07) is 4.09. The summed E-state index contributed by atoms with van der Waals surface area (Å²) in [5, 5.41) is 3.01.